The lowest BCUT2D eigenvalue weighted by molar-refractivity contribution is -0.384. The zero-order valence-corrected chi connectivity index (χ0v) is 15.9. The number of amides is 1. The minimum Gasteiger partial charge on any atom is -0.407 e. The maximum atomic E-state index is 12.3. The average molecular weight is 425 g/mol. The molecular formula is C19H15N5O7. The van der Waals surface area contributed by atoms with Crippen molar-refractivity contribution >= 4 is 28.4 Å². The summed E-state index contributed by atoms with van der Waals surface area (Å²) in [6.07, 6.45) is 0.463. The largest absolute Gasteiger partial charge is 0.439 e. The fraction of sp³-hybridized carbons (Fsp3) is 0.158. The van der Waals surface area contributed by atoms with Crippen molar-refractivity contribution in [1.29, 1.82) is 0 Å². The minimum atomic E-state index is -0.680. The third-order valence-electron chi connectivity index (χ3n) is 4.51. The van der Waals surface area contributed by atoms with E-state index in [0.29, 0.717) is 23.2 Å². The van der Waals surface area contributed by atoms with Crippen LogP contribution in [0.4, 0.5) is 11.4 Å². The standard InChI is InChI=1S/C19H15N5O7/c25-16(20-12-4-1-3-11(9-12)17-21-18(26)31-22-17)5-2-8-23-14-7-6-13(24(28)29)10-15(14)30-19(23)27/h1,3-4,6-7,9-10H,2,5,8H2,(H,20,25)(H,21,22,26). The molecule has 0 aliphatic carbocycles. The number of aryl methyl sites for hydroxylation is 1. The van der Waals surface area contributed by atoms with Gasteiger partial charge in [0.15, 0.2) is 11.4 Å². The smallest absolute Gasteiger partial charge is 0.407 e. The van der Waals surface area contributed by atoms with E-state index in [4.69, 9.17) is 4.42 Å². The molecule has 0 radical (unpaired) electrons. The fourth-order valence-corrected chi connectivity index (χ4v) is 3.10. The topological polar surface area (TPSA) is 166 Å². The Morgan fingerprint density at radius 2 is 2.06 bits per heavy atom. The molecule has 0 aliphatic rings. The summed E-state index contributed by atoms with van der Waals surface area (Å²) in [6, 6.07) is 10.6. The predicted molar refractivity (Wildman–Crippen MR) is 108 cm³/mol. The summed E-state index contributed by atoms with van der Waals surface area (Å²) in [7, 11) is 0. The highest BCUT2D eigenvalue weighted by molar-refractivity contribution is 5.91. The highest BCUT2D eigenvalue weighted by Crippen LogP contribution is 2.21. The van der Waals surface area contributed by atoms with E-state index >= 15 is 0 Å². The number of rotatable bonds is 7. The third-order valence-corrected chi connectivity index (χ3v) is 4.51. The Kier molecular flexibility index (Phi) is 5.18. The number of benzene rings is 2. The van der Waals surface area contributed by atoms with Crippen LogP contribution in [-0.4, -0.2) is 25.5 Å². The quantitative estimate of drug-likeness (QED) is 0.336. The Hall–Kier alpha value is -4.48. The second kappa shape index (κ2) is 8.10. The molecule has 0 atom stereocenters. The van der Waals surface area contributed by atoms with Gasteiger partial charge in [-0.3, -0.25) is 29.0 Å². The van der Waals surface area contributed by atoms with E-state index in [2.05, 4.69) is 20.0 Å². The van der Waals surface area contributed by atoms with Gasteiger partial charge in [-0.1, -0.05) is 17.3 Å². The molecule has 12 nitrogen and oxygen atoms in total. The number of nitrogens with zero attached hydrogens (tertiary/aromatic N) is 3. The molecule has 12 heteroatoms. The van der Waals surface area contributed by atoms with Gasteiger partial charge in [-0.05, 0) is 24.6 Å². The van der Waals surface area contributed by atoms with Crippen molar-refractivity contribution in [3.63, 3.8) is 0 Å². The highest BCUT2D eigenvalue weighted by Gasteiger charge is 2.14. The number of fused-ring (bicyclic) bond motifs is 1. The zero-order chi connectivity index (χ0) is 22.0. The van der Waals surface area contributed by atoms with Crippen LogP contribution in [0.15, 0.2) is 61.0 Å². The zero-order valence-electron chi connectivity index (χ0n) is 15.9. The molecule has 4 aromatic rings. The van der Waals surface area contributed by atoms with E-state index in [1.807, 2.05) is 0 Å². The molecule has 0 saturated carbocycles. The van der Waals surface area contributed by atoms with E-state index in [0.717, 1.165) is 0 Å². The van der Waals surface area contributed by atoms with Crippen LogP contribution in [0.1, 0.15) is 12.8 Å². The van der Waals surface area contributed by atoms with E-state index in [9.17, 15) is 24.5 Å². The average Bonchev–Trinajstić information content (AvgIpc) is 3.30. The Morgan fingerprint density at radius 3 is 2.81 bits per heavy atom. The number of nitro groups is 1. The van der Waals surface area contributed by atoms with Gasteiger partial charge in [-0.15, -0.1) is 0 Å². The molecule has 0 fully saturated rings. The van der Waals surface area contributed by atoms with Crippen molar-refractivity contribution in [2.24, 2.45) is 0 Å². The van der Waals surface area contributed by atoms with Gasteiger partial charge in [0.05, 0.1) is 16.5 Å². The van der Waals surface area contributed by atoms with Crippen molar-refractivity contribution in [3.8, 4) is 11.4 Å². The summed E-state index contributed by atoms with van der Waals surface area (Å²) < 4.78 is 10.9. The molecule has 0 aliphatic heterocycles. The van der Waals surface area contributed by atoms with Crippen LogP contribution >= 0.6 is 0 Å². The maximum absolute atomic E-state index is 12.3. The molecule has 158 valence electrons. The number of hydrogen-bond acceptors (Lipinski definition) is 8. The lowest BCUT2D eigenvalue weighted by atomic mass is 10.2. The molecule has 0 spiro atoms. The number of anilines is 1. The minimum absolute atomic E-state index is 0.117. The van der Waals surface area contributed by atoms with Crippen LogP contribution in [0.3, 0.4) is 0 Å². The normalized spacial score (nSPS) is 11.0. The first kappa shape index (κ1) is 19.8. The summed E-state index contributed by atoms with van der Waals surface area (Å²) in [5.41, 5.74) is 1.43. The second-order valence-electron chi connectivity index (χ2n) is 6.60. The highest BCUT2D eigenvalue weighted by atomic mass is 16.6. The molecule has 2 N–H and O–H groups in total. The number of H-pyrrole nitrogens is 1. The van der Waals surface area contributed by atoms with Crippen molar-refractivity contribution in [2.75, 3.05) is 5.32 Å². The number of nitro benzene ring substituents is 1. The number of hydrogen-bond donors (Lipinski definition) is 2. The number of non-ortho nitro benzene ring substituents is 1. The first-order valence-electron chi connectivity index (χ1n) is 9.15. The van der Waals surface area contributed by atoms with E-state index in [1.165, 1.54) is 22.8 Å². The van der Waals surface area contributed by atoms with Crippen molar-refractivity contribution < 1.29 is 18.7 Å². The maximum Gasteiger partial charge on any atom is 0.439 e. The van der Waals surface area contributed by atoms with Gasteiger partial charge in [-0.2, -0.15) is 0 Å². The van der Waals surface area contributed by atoms with Crippen LogP contribution in [0.2, 0.25) is 0 Å². The molecule has 2 aromatic carbocycles. The molecular weight excluding hydrogens is 410 g/mol. The molecule has 1 amide bonds. The first-order chi connectivity index (χ1) is 14.9. The van der Waals surface area contributed by atoms with Gasteiger partial charge in [0.25, 0.3) is 5.69 Å². The Bertz CT molecular complexity index is 1390. The number of aromatic amines is 1. The summed E-state index contributed by atoms with van der Waals surface area (Å²) in [5, 5.41) is 17.2. The predicted octanol–water partition coefficient (Wildman–Crippen LogP) is 2.26. The van der Waals surface area contributed by atoms with Crippen LogP contribution in [-0.2, 0) is 11.3 Å². The van der Waals surface area contributed by atoms with Gasteiger partial charge in [0.1, 0.15) is 0 Å². The molecule has 2 heterocycles. The van der Waals surface area contributed by atoms with Gasteiger partial charge in [0.2, 0.25) is 5.91 Å². The monoisotopic (exact) mass is 425 g/mol. The Morgan fingerprint density at radius 1 is 1.23 bits per heavy atom. The van der Waals surface area contributed by atoms with E-state index in [-0.39, 0.29) is 36.0 Å². The number of nitrogens with one attached hydrogen (secondary N) is 2. The number of carbonyl (C=O) groups excluding carboxylic acids is 1. The third kappa shape index (κ3) is 4.27. The van der Waals surface area contributed by atoms with Gasteiger partial charge in [0, 0.05) is 30.3 Å². The molecule has 31 heavy (non-hydrogen) atoms. The number of oxazole rings is 1. The molecule has 4 rings (SSSR count). The Balaban J connectivity index is 1.39. The van der Waals surface area contributed by atoms with Crippen LogP contribution in [0, 0.1) is 10.1 Å². The molecule has 0 saturated heterocycles. The number of aromatic nitrogens is 3. The van der Waals surface area contributed by atoms with Crippen LogP contribution in [0.5, 0.6) is 0 Å². The van der Waals surface area contributed by atoms with Crippen molar-refractivity contribution in [3.05, 3.63) is 73.7 Å². The summed E-state index contributed by atoms with van der Waals surface area (Å²) in [4.78, 5) is 48.1. The Labute approximate surface area is 172 Å². The summed E-state index contributed by atoms with van der Waals surface area (Å²) in [6.45, 7) is 0.206. The lowest BCUT2D eigenvalue weighted by Crippen LogP contribution is -2.17. The number of carbonyl (C=O) groups is 1. The molecule has 0 bridgehead atoms. The van der Waals surface area contributed by atoms with E-state index < -0.39 is 16.4 Å². The van der Waals surface area contributed by atoms with Crippen molar-refractivity contribution in [2.45, 2.75) is 19.4 Å². The summed E-state index contributed by atoms with van der Waals surface area (Å²) in [5.74, 6) is -1.36. The van der Waals surface area contributed by atoms with Gasteiger partial charge < -0.3 is 9.73 Å². The molecule has 0 unspecified atom stereocenters. The SMILES string of the molecule is O=C(CCCn1c(=O)oc2cc([N+](=O)[O-])ccc21)Nc1cccc(-c2noc(=O)[nH]2)c1. The van der Waals surface area contributed by atoms with Gasteiger partial charge >= 0.3 is 11.5 Å². The first-order valence-corrected chi connectivity index (χ1v) is 9.15. The van der Waals surface area contributed by atoms with Crippen molar-refractivity contribution in [1.82, 2.24) is 14.7 Å². The van der Waals surface area contributed by atoms with Crippen LogP contribution < -0.4 is 16.8 Å². The molecule has 2 aromatic heterocycles. The fourth-order valence-electron chi connectivity index (χ4n) is 3.10. The summed E-state index contributed by atoms with van der Waals surface area (Å²) >= 11 is 0. The lowest BCUT2D eigenvalue weighted by Gasteiger charge is -2.07. The van der Waals surface area contributed by atoms with E-state index in [1.54, 1.807) is 24.3 Å². The van der Waals surface area contributed by atoms with Gasteiger partial charge in [-0.25, -0.2) is 9.59 Å². The second-order valence-corrected chi connectivity index (χ2v) is 6.60. The van der Waals surface area contributed by atoms with Crippen LogP contribution in [0.25, 0.3) is 22.5 Å².